The normalized spacial score (nSPS) is 27.2. The fourth-order valence-electron chi connectivity index (χ4n) is 2.45. The Bertz CT molecular complexity index is 616. The van der Waals surface area contributed by atoms with Crippen LogP contribution in [0.1, 0.15) is 12.6 Å². The predicted molar refractivity (Wildman–Crippen MR) is 70.8 cm³/mol. The SMILES string of the molecule is Nc1nc(Cl)cc2c1ccn2[C@H]1C[C@H](O)[C@@H](CO)O1. The number of nitrogen functional groups attached to an aromatic ring is 1. The maximum Gasteiger partial charge on any atom is 0.137 e. The number of nitrogens with zero attached hydrogens (tertiary/aromatic N) is 2. The first-order valence-corrected chi connectivity index (χ1v) is 6.35. The summed E-state index contributed by atoms with van der Waals surface area (Å²) in [5.41, 5.74) is 6.61. The van der Waals surface area contributed by atoms with Crippen LogP contribution in [-0.2, 0) is 4.74 Å². The fraction of sp³-hybridized carbons (Fsp3) is 0.417. The molecule has 1 aliphatic rings. The number of halogens is 1. The van der Waals surface area contributed by atoms with E-state index >= 15 is 0 Å². The molecule has 19 heavy (non-hydrogen) atoms. The molecule has 0 radical (unpaired) electrons. The summed E-state index contributed by atoms with van der Waals surface area (Å²) in [7, 11) is 0. The van der Waals surface area contributed by atoms with Crippen LogP contribution in [0.15, 0.2) is 18.3 Å². The molecule has 7 heteroatoms. The van der Waals surface area contributed by atoms with Crippen LogP contribution in [-0.4, -0.2) is 38.6 Å². The van der Waals surface area contributed by atoms with E-state index in [1.165, 1.54) is 0 Å². The minimum atomic E-state index is -0.679. The molecule has 0 unspecified atom stereocenters. The van der Waals surface area contributed by atoms with Gasteiger partial charge in [-0.25, -0.2) is 4.98 Å². The first-order valence-electron chi connectivity index (χ1n) is 5.97. The van der Waals surface area contributed by atoms with Crippen LogP contribution in [0.5, 0.6) is 0 Å². The molecule has 0 spiro atoms. The number of anilines is 1. The van der Waals surface area contributed by atoms with E-state index < -0.39 is 12.2 Å². The molecule has 0 aliphatic carbocycles. The monoisotopic (exact) mass is 283 g/mol. The van der Waals surface area contributed by atoms with Crippen molar-refractivity contribution in [2.45, 2.75) is 24.9 Å². The highest BCUT2D eigenvalue weighted by Gasteiger charge is 2.34. The number of fused-ring (bicyclic) bond motifs is 1. The summed E-state index contributed by atoms with van der Waals surface area (Å²) in [6, 6.07) is 3.53. The second kappa shape index (κ2) is 4.64. The molecule has 4 N–H and O–H groups in total. The van der Waals surface area contributed by atoms with Crippen molar-refractivity contribution in [3.05, 3.63) is 23.5 Å². The lowest BCUT2D eigenvalue weighted by molar-refractivity contribution is -0.0428. The highest BCUT2D eigenvalue weighted by Crippen LogP contribution is 2.33. The van der Waals surface area contributed by atoms with E-state index in [4.69, 9.17) is 27.2 Å². The Labute approximate surface area is 114 Å². The second-order valence-corrected chi connectivity index (χ2v) is 4.99. The molecule has 3 atom stereocenters. The molecule has 0 saturated carbocycles. The molecule has 102 valence electrons. The Morgan fingerprint density at radius 2 is 2.37 bits per heavy atom. The third kappa shape index (κ3) is 2.06. The lowest BCUT2D eigenvalue weighted by Crippen LogP contribution is -2.24. The molecule has 2 aromatic rings. The third-order valence-corrected chi connectivity index (χ3v) is 3.60. The Kier molecular flexibility index (Phi) is 3.10. The smallest absolute Gasteiger partial charge is 0.137 e. The van der Waals surface area contributed by atoms with Gasteiger partial charge in [0, 0.05) is 24.1 Å². The Morgan fingerprint density at radius 3 is 3.05 bits per heavy atom. The quantitative estimate of drug-likeness (QED) is 0.713. The number of aromatic nitrogens is 2. The van der Waals surface area contributed by atoms with E-state index in [1.807, 2.05) is 16.8 Å². The molecule has 3 heterocycles. The van der Waals surface area contributed by atoms with E-state index in [9.17, 15) is 5.11 Å². The van der Waals surface area contributed by atoms with Crippen LogP contribution in [0.25, 0.3) is 10.9 Å². The van der Waals surface area contributed by atoms with Crippen molar-refractivity contribution in [3.8, 4) is 0 Å². The van der Waals surface area contributed by atoms with Crippen molar-refractivity contribution >= 4 is 28.3 Å². The largest absolute Gasteiger partial charge is 0.394 e. The summed E-state index contributed by atoms with van der Waals surface area (Å²) in [5, 5.41) is 20.0. The van der Waals surface area contributed by atoms with Gasteiger partial charge in [0.05, 0.1) is 18.2 Å². The number of hydrogen-bond donors (Lipinski definition) is 3. The number of hydrogen-bond acceptors (Lipinski definition) is 5. The van der Waals surface area contributed by atoms with Crippen LogP contribution in [0.4, 0.5) is 5.82 Å². The van der Waals surface area contributed by atoms with Gasteiger partial charge >= 0.3 is 0 Å². The lowest BCUT2D eigenvalue weighted by atomic mass is 10.2. The highest BCUT2D eigenvalue weighted by molar-refractivity contribution is 6.30. The Hall–Kier alpha value is -1.34. The van der Waals surface area contributed by atoms with Gasteiger partial charge < -0.3 is 25.3 Å². The molecule has 0 bridgehead atoms. The van der Waals surface area contributed by atoms with E-state index in [0.29, 0.717) is 17.4 Å². The summed E-state index contributed by atoms with van der Waals surface area (Å²) in [6.07, 6.45) is 0.645. The van der Waals surface area contributed by atoms with E-state index in [-0.39, 0.29) is 12.8 Å². The van der Waals surface area contributed by atoms with Crippen molar-refractivity contribution in [2.75, 3.05) is 12.3 Å². The van der Waals surface area contributed by atoms with Crippen LogP contribution in [0.3, 0.4) is 0 Å². The van der Waals surface area contributed by atoms with E-state index in [1.54, 1.807) is 6.07 Å². The van der Waals surface area contributed by atoms with Gasteiger partial charge in [-0.15, -0.1) is 0 Å². The zero-order chi connectivity index (χ0) is 13.6. The molecular formula is C12H14ClN3O3. The minimum absolute atomic E-state index is 0.207. The van der Waals surface area contributed by atoms with Crippen molar-refractivity contribution in [3.63, 3.8) is 0 Å². The van der Waals surface area contributed by atoms with Gasteiger partial charge in [0.2, 0.25) is 0 Å². The van der Waals surface area contributed by atoms with Crippen LogP contribution in [0, 0.1) is 0 Å². The average molecular weight is 284 g/mol. The lowest BCUT2D eigenvalue weighted by Gasteiger charge is -2.15. The van der Waals surface area contributed by atoms with E-state index in [0.717, 1.165) is 10.9 Å². The molecular weight excluding hydrogens is 270 g/mol. The number of aliphatic hydroxyl groups excluding tert-OH is 2. The van der Waals surface area contributed by atoms with Gasteiger partial charge in [0.25, 0.3) is 0 Å². The van der Waals surface area contributed by atoms with Crippen LogP contribution >= 0.6 is 11.6 Å². The van der Waals surface area contributed by atoms with Gasteiger partial charge in [0.15, 0.2) is 0 Å². The van der Waals surface area contributed by atoms with E-state index in [2.05, 4.69) is 4.98 Å². The summed E-state index contributed by atoms with van der Waals surface area (Å²) in [6.45, 7) is -0.207. The van der Waals surface area contributed by atoms with Crippen molar-refractivity contribution in [2.24, 2.45) is 0 Å². The first-order chi connectivity index (χ1) is 9.10. The molecule has 3 rings (SSSR count). The van der Waals surface area contributed by atoms with Crippen LogP contribution < -0.4 is 5.73 Å². The molecule has 2 aromatic heterocycles. The van der Waals surface area contributed by atoms with Crippen LogP contribution in [0.2, 0.25) is 5.15 Å². The molecule has 1 aliphatic heterocycles. The predicted octanol–water partition coefficient (Wildman–Crippen LogP) is 0.913. The molecule has 1 fully saturated rings. The summed E-state index contributed by atoms with van der Waals surface area (Å²) < 4.78 is 7.46. The number of nitrogens with two attached hydrogens (primary N) is 1. The maximum absolute atomic E-state index is 9.78. The van der Waals surface area contributed by atoms with Gasteiger partial charge in [0.1, 0.15) is 23.3 Å². The summed E-state index contributed by atoms with van der Waals surface area (Å²) >= 11 is 5.91. The molecule has 6 nitrogen and oxygen atoms in total. The van der Waals surface area contributed by atoms with Gasteiger partial charge in [-0.2, -0.15) is 0 Å². The second-order valence-electron chi connectivity index (χ2n) is 4.60. The third-order valence-electron chi connectivity index (χ3n) is 3.41. The zero-order valence-electron chi connectivity index (χ0n) is 10.0. The van der Waals surface area contributed by atoms with Crippen molar-refractivity contribution < 1.29 is 14.9 Å². The molecule has 0 aromatic carbocycles. The number of aliphatic hydroxyl groups is 2. The molecule has 1 saturated heterocycles. The Balaban J connectivity index is 2.02. The topological polar surface area (TPSA) is 93.5 Å². The molecule has 0 amide bonds. The minimum Gasteiger partial charge on any atom is -0.394 e. The van der Waals surface area contributed by atoms with Crippen molar-refractivity contribution in [1.29, 1.82) is 0 Å². The zero-order valence-corrected chi connectivity index (χ0v) is 10.8. The first kappa shape index (κ1) is 12.7. The Morgan fingerprint density at radius 1 is 1.58 bits per heavy atom. The van der Waals surface area contributed by atoms with Gasteiger partial charge in [-0.05, 0) is 6.07 Å². The summed E-state index contributed by atoms with van der Waals surface area (Å²) in [5.74, 6) is 0.360. The van der Waals surface area contributed by atoms with Gasteiger partial charge in [-0.1, -0.05) is 11.6 Å². The number of rotatable bonds is 2. The summed E-state index contributed by atoms with van der Waals surface area (Å²) in [4.78, 5) is 3.99. The fourth-order valence-corrected chi connectivity index (χ4v) is 2.64. The van der Waals surface area contributed by atoms with Gasteiger partial charge in [-0.3, -0.25) is 0 Å². The standard InChI is InChI=1S/C12H14ClN3O3/c13-10-3-7-6(12(14)15-10)1-2-16(7)11-4-8(18)9(5-17)19-11/h1-3,8-9,11,17-18H,4-5H2,(H2,14,15)/t8-,9+,11+/m0/s1. The number of ether oxygens (including phenoxy) is 1. The maximum atomic E-state index is 9.78. The average Bonchev–Trinajstić information content (AvgIpc) is 2.92. The number of pyridine rings is 1. The highest BCUT2D eigenvalue weighted by atomic mass is 35.5. The van der Waals surface area contributed by atoms with Crippen molar-refractivity contribution in [1.82, 2.24) is 9.55 Å².